The number of hydrogen-bond acceptors (Lipinski definition) is 3. The topological polar surface area (TPSA) is 78.5 Å². The molecule has 1 fully saturated rings. The number of benzene rings is 2. The van der Waals surface area contributed by atoms with Gasteiger partial charge in [-0.2, -0.15) is 0 Å². The molecule has 3 rings (SSSR count). The Bertz CT molecular complexity index is 946. The minimum atomic E-state index is -0.658. The van der Waals surface area contributed by atoms with Crippen molar-refractivity contribution in [2.24, 2.45) is 5.92 Å². The van der Waals surface area contributed by atoms with Crippen LogP contribution in [0.5, 0.6) is 0 Å². The largest absolute Gasteiger partial charge is 0.348 e. The maximum Gasteiger partial charge on any atom is 0.313 e. The van der Waals surface area contributed by atoms with E-state index in [4.69, 9.17) is 11.6 Å². The van der Waals surface area contributed by atoms with E-state index in [9.17, 15) is 14.4 Å². The summed E-state index contributed by atoms with van der Waals surface area (Å²) >= 11 is 6.18. The number of halogens is 1. The van der Waals surface area contributed by atoms with Crippen LogP contribution in [0.3, 0.4) is 0 Å². The van der Waals surface area contributed by atoms with Crippen LogP contribution in [0, 0.1) is 12.8 Å². The molecule has 1 saturated heterocycles. The Kier molecular flexibility index (Phi) is 8.68. The fourth-order valence-corrected chi connectivity index (χ4v) is 4.17. The van der Waals surface area contributed by atoms with Crippen molar-refractivity contribution in [2.45, 2.75) is 39.0 Å². The van der Waals surface area contributed by atoms with E-state index in [1.807, 2.05) is 36.1 Å². The molecule has 2 aromatic rings. The molecule has 0 aliphatic carbocycles. The lowest BCUT2D eigenvalue weighted by atomic mass is 9.92. The van der Waals surface area contributed by atoms with E-state index in [-0.39, 0.29) is 5.91 Å². The number of unbranched alkanes of at least 4 members (excludes halogenated alkanes) is 1. The summed E-state index contributed by atoms with van der Waals surface area (Å²) in [6, 6.07) is 14.5. The van der Waals surface area contributed by atoms with Crippen LogP contribution in [-0.2, 0) is 9.59 Å². The normalized spacial score (nSPS) is 15.8. The zero-order valence-electron chi connectivity index (χ0n) is 18.4. The maximum atomic E-state index is 12.8. The van der Waals surface area contributed by atoms with Crippen LogP contribution >= 0.6 is 11.6 Å². The van der Waals surface area contributed by atoms with E-state index >= 15 is 0 Å². The van der Waals surface area contributed by atoms with Gasteiger partial charge in [-0.15, -0.1) is 0 Å². The van der Waals surface area contributed by atoms with E-state index in [0.29, 0.717) is 28.7 Å². The number of amides is 3. The molecule has 3 amide bonds. The summed E-state index contributed by atoms with van der Waals surface area (Å²) in [6.45, 7) is 3.90. The molecule has 6 nitrogen and oxygen atoms in total. The zero-order valence-corrected chi connectivity index (χ0v) is 19.2. The first-order valence-electron chi connectivity index (χ1n) is 11.1. The lowest BCUT2D eigenvalue weighted by Gasteiger charge is -2.33. The molecule has 0 saturated carbocycles. The molecule has 0 bridgehead atoms. The summed E-state index contributed by atoms with van der Waals surface area (Å²) in [5.74, 6) is -0.850. The minimum absolute atomic E-state index is 0.00727. The highest BCUT2D eigenvalue weighted by Gasteiger charge is 2.25. The van der Waals surface area contributed by atoms with Crippen LogP contribution in [0.25, 0.3) is 0 Å². The van der Waals surface area contributed by atoms with Gasteiger partial charge in [0.1, 0.15) is 0 Å². The van der Waals surface area contributed by atoms with Crippen molar-refractivity contribution in [2.75, 3.05) is 25.0 Å². The van der Waals surface area contributed by atoms with Crippen LogP contribution < -0.4 is 10.6 Å². The third-order valence-electron chi connectivity index (χ3n) is 5.75. The first-order valence-corrected chi connectivity index (χ1v) is 11.5. The highest BCUT2D eigenvalue weighted by Crippen LogP contribution is 2.25. The number of nitrogens with zero attached hydrogens (tertiary/aromatic N) is 1. The number of carbonyl (C=O) groups is 3. The number of anilines is 1. The summed E-state index contributed by atoms with van der Waals surface area (Å²) in [7, 11) is 0. The van der Waals surface area contributed by atoms with Gasteiger partial charge in [0, 0.05) is 25.3 Å². The highest BCUT2D eigenvalue weighted by molar-refractivity contribution is 6.39. The van der Waals surface area contributed by atoms with Crippen LogP contribution in [0.15, 0.2) is 48.5 Å². The molecule has 0 aromatic heterocycles. The Morgan fingerprint density at radius 3 is 2.53 bits per heavy atom. The third kappa shape index (κ3) is 6.82. The maximum absolute atomic E-state index is 12.8. The average molecular weight is 456 g/mol. The van der Waals surface area contributed by atoms with Crippen molar-refractivity contribution in [3.63, 3.8) is 0 Å². The van der Waals surface area contributed by atoms with Crippen molar-refractivity contribution in [3.8, 4) is 0 Å². The quantitative estimate of drug-likeness (QED) is 0.479. The first kappa shape index (κ1) is 23.8. The number of likely N-dealkylation sites (tertiary alicyclic amines) is 1. The Balaban J connectivity index is 1.35. The SMILES string of the molecule is Cc1ccc(NC(=O)C(=O)NCCCC[C@H]2CCCN(C(=O)c3ccccc3Cl)C2)cc1. The number of hydrogen-bond donors (Lipinski definition) is 2. The smallest absolute Gasteiger partial charge is 0.313 e. The molecule has 2 aromatic carbocycles. The molecule has 2 N–H and O–H groups in total. The fourth-order valence-electron chi connectivity index (χ4n) is 3.96. The molecule has 1 heterocycles. The monoisotopic (exact) mass is 455 g/mol. The summed E-state index contributed by atoms with van der Waals surface area (Å²) in [4.78, 5) is 38.6. The Morgan fingerprint density at radius 2 is 1.78 bits per heavy atom. The predicted molar refractivity (Wildman–Crippen MR) is 127 cm³/mol. The van der Waals surface area contributed by atoms with Gasteiger partial charge in [0.05, 0.1) is 10.6 Å². The number of carbonyl (C=O) groups excluding carboxylic acids is 3. The molecule has 1 aliphatic heterocycles. The van der Waals surface area contributed by atoms with E-state index in [2.05, 4.69) is 10.6 Å². The first-order chi connectivity index (χ1) is 15.4. The molecule has 7 heteroatoms. The van der Waals surface area contributed by atoms with Crippen molar-refractivity contribution >= 4 is 35.0 Å². The van der Waals surface area contributed by atoms with Crippen LogP contribution in [0.4, 0.5) is 5.69 Å². The van der Waals surface area contributed by atoms with Gasteiger partial charge in [0.2, 0.25) is 0 Å². The van der Waals surface area contributed by atoms with E-state index < -0.39 is 11.8 Å². The van der Waals surface area contributed by atoms with Gasteiger partial charge < -0.3 is 15.5 Å². The Morgan fingerprint density at radius 1 is 1.03 bits per heavy atom. The second-order valence-electron chi connectivity index (χ2n) is 8.31. The average Bonchev–Trinajstić information content (AvgIpc) is 2.80. The van der Waals surface area contributed by atoms with E-state index in [0.717, 1.165) is 50.8 Å². The summed E-state index contributed by atoms with van der Waals surface area (Å²) in [6.07, 6.45) is 4.78. The van der Waals surface area contributed by atoms with Gasteiger partial charge in [0.25, 0.3) is 5.91 Å². The molecular weight excluding hydrogens is 426 g/mol. The number of piperidine rings is 1. The lowest BCUT2D eigenvalue weighted by Crippen LogP contribution is -2.40. The van der Waals surface area contributed by atoms with Gasteiger partial charge in [-0.1, -0.05) is 47.9 Å². The number of rotatable bonds is 7. The fraction of sp³-hybridized carbons (Fsp3) is 0.400. The van der Waals surface area contributed by atoms with Gasteiger partial charge in [-0.3, -0.25) is 14.4 Å². The molecule has 0 unspecified atom stereocenters. The van der Waals surface area contributed by atoms with E-state index in [1.165, 1.54) is 0 Å². The molecule has 0 radical (unpaired) electrons. The third-order valence-corrected chi connectivity index (χ3v) is 6.08. The van der Waals surface area contributed by atoms with Crippen molar-refractivity contribution in [3.05, 3.63) is 64.7 Å². The van der Waals surface area contributed by atoms with Crippen molar-refractivity contribution < 1.29 is 14.4 Å². The van der Waals surface area contributed by atoms with Crippen molar-refractivity contribution in [1.29, 1.82) is 0 Å². The molecule has 1 atom stereocenters. The van der Waals surface area contributed by atoms with Gasteiger partial charge in [-0.25, -0.2) is 0 Å². The molecule has 170 valence electrons. The van der Waals surface area contributed by atoms with Crippen molar-refractivity contribution in [1.82, 2.24) is 10.2 Å². The minimum Gasteiger partial charge on any atom is -0.348 e. The number of nitrogens with one attached hydrogen (secondary N) is 2. The second-order valence-corrected chi connectivity index (χ2v) is 8.72. The summed E-state index contributed by atoms with van der Waals surface area (Å²) in [5, 5.41) is 5.76. The van der Waals surface area contributed by atoms with Crippen LogP contribution in [0.2, 0.25) is 5.02 Å². The van der Waals surface area contributed by atoms with Gasteiger partial charge in [0.15, 0.2) is 0 Å². The molecular formula is C25H30ClN3O3. The molecule has 1 aliphatic rings. The van der Waals surface area contributed by atoms with Crippen LogP contribution in [0.1, 0.15) is 48.0 Å². The standard InChI is InChI=1S/C25H30ClN3O3/c1-18-11-13-20(14-12-18)28-24(31)23(30)27-15-5-4-7-19-8-6-16-29(17-19)25(32)21-9-2-3-10-22(21)26/h2-3,9-14,19H,4-8,15-17H2,1H3,(H,27,30)(H,28,31)/t19-/m0/s1. The van der Waals surface area contributed by atoms with Gasteiger partial charge >= 0.3 is 11.8 Å². The zero-order chi connectivity index (χ0) is 22.9. The second kappa shape index (κ2) is 11.7. The Labute approximate surface area is 194 Å². The lowest BCUT2D eigenvalue weighted by molar-refractivity contribution is -0.136. The molecule has 0 spiro atoms. The predicted octanol–water partition coefficient (Wildman–Crippen LogP) is 4.43. The number of aryl methyl sites for hydroxylation is 1. The Hall–Kier alpha value is -2.86. The highest BCUT2D eigenvalue weighted by atomic mass is 35.5. The van der Waals surface area contributed by atoms with Crippen LogP contribution in [-0.4, -0.2) is 42.3 Å². The molecule has 32 heavy (non-hydrogen) atoms. The summed E-state index contributed by atoms with van der Waals surface area (Å²) < 4.78 is 0. The summed E-state index contributed by atoms with van der Waals surface area (Å²) in [5.41, 5.74) is 2.24. The van der Waals surface area contributed by atoms with E-state index in [1.54, 1.807) is 24.3 Å². The van der Waals surface area contributed by atoms with Gasteiger partial charge in [-0.05, 0) is 62.8 Å².